The molecular weight excluding hydrogens is 233 g/mol. The summed E-state index contributed by atoms with van der Waals surface area (Å²) in [7, 11) is 0. The van der Waals surface area contributed by atoms with Crippen molar-refractivity contribution in [2.45, 2.75) is 33.2 Å². The van der Waals surface area contributed by atoms with E-state index in [1.807, 2.05) is 6.92 Å². The van der Waals surface area contributed by atoms with Gasteiger partial charge in [0.1, 0.15) is 0 Å². The first-order chi connectivity index (χ1) is 6.07. The molecule has 1 rings (SSSR count). The van der Waals surface area contributed by atoms with Crippen LogP contribution in [0.25, 0.3) is 0 Å². The zero-order chi connectivity index (χ0) is 10.0. The Balaban J connectivity index is 2.77. The molecule has 1 fully saturated rings. The Morgan fingerprint density at radius 3 is 2.85 bits per heavy atom. The maximum absolute atomic E-state index is 11.5. The first-order valence-corrected chi connectivity index (χ1v) is 5.42. The summed E-state index contributed by atoms with van der Waals surface area (Å²) in [5.74, 6) is 0.561. The van der Waals surface area contributed by atoms with Gasteiger partial charge >= 0.3 is 86.4 Å². The van der Waals surface area contributed by atoms with Crippen molar-refractivity contribution < 1.29 is 9.53 Å². The molecule has 0 radical (unpaired) electrons. The van der Waals surface area contributed by atoms with Crippen LogP contribution in [-0.4, -0.2) is 43.8 Å². The van der Waals surface area contributed by atoms with Gasteiger partial charge in [-0.05, 0) is 0 Å². The van der Waals surface area contributed by atoms with Crippen LogP contribution >= 0.6 is 0 Å². The fourth-order valence-corrected chi connectivity index (χ4v) is 2.02. The van der Waals surface area contributed by atoms with Crippen LogP contribution in [0, 0.1) is 5.92 Å². The van der Waals surface area contributed by atoms with E-state index in [2.05, 4.69) is 29.4 Å². The first kappa shape index (κ1) is 10.7. The molecule has 1 amide bonds. The van der Waals surface area contributed by atoms with Crippen molar-refractivity contribution in [3.05, 3.63) is 0 Å². The van der Waals surface area contributed by atoms with Crippen LogP contribution in [0.4, 0.5) is 0 Å². The van der Waals surface area contributed by atoms with Crippen molar-refractivity contribution >= 4 is 26.2 Å². The van der Waals surface area contributed by atoms with E-state index in [4.69, 9.17) is 4.74 Å². The van der Waals surface area contributed by atoms with Crippen molar-refractivity contribution in [1.82, 2.24) is 4.90 Å². The number of hydrogen-bond acceptors (Lipinski definition) is 2. The van der Waals surface area contributed by atoms with Crippen molar-refractivity contribution in [1.29, 1.82) is 0 Å². The first-order valence-electron chi connectivity index (χ1n) is 4.56. The Morgan fingerprint density at radius 2 is 2.38 bits per heavy atom. The van der Waals surface area contributed by atoms with E-state index < -0.39 is 0 Å². The Kier molecular flexibility index (Phi) is 3.51. The van der Waals surface area contributed by atoms with Crippen LogP contribution in [0.5, 0.6) is 0 Å². The molecule has 0 spiro atoms. The normalized spacial score (nSPS) is 22.3. The average molecular weight is 248 g/mol. The van der Waals surface area contributed by atoms with E-state index in [1.165, 1.54) is 0 Å². The summed E-state index contributed by atoms with van der Waals surface area (Å²) in [5, 5.41) is 0. The molecule has 74 valence electrons. The minimum absolute atomic E-state index is 0.130. The summed E-state index contributed by atoms with van der Waals surface area (Å²) in [6, 6.07) is 0.198. The van der Waals surface area contributed by atoms with Crippen LogP contribution in [0.2, 0.25) is 0 Å². The van der Waals surface area contributed by atoms with Gasteiger partial charge in [-0.3, -0.25) is 0 Å². The zero-order valence-corrected chi connectivity index (χ0v) is 9.95. The molecule has 0 saturated carbocycles. The standard InChI is InChI=1S/C9H15NO2Se/c1-4-8(11)10-7(6(2)3)5-12-9(10)13/h6-7H,4-5H2,1-3H3/t7-/m1/s1. The minimum atomic E-state index is 0.130. The number of ether oxygens (including phenoxy) is 1. The van der Waals surface area contributed by atoms with Gasteiger partial charge in [0.05, 0.1) is 0 Å². The van der Waals surface area contributed by atoms with Crippen LogP contribution in [0.3, 0.4) is 0 Å². The summed E-state index contributed by atoms with van der Waals surface area (Å²) in [4.78, 5) is 13.3. The van der Waals surface area contributed by atoms with Gasteiger partial charge in [-0.15, -0.1) is 0 Å². The van der Waals surface area contributed by atoms with Crippen molar-refractivity contribution in [3.63, 3.8) is 0 Å². The summed E-state index contributed by atoms with van der Waals surface area (Å²) in [5.41, 5.74) is 0. The molecule has 0 aromatic heterocycles. The van der Waals surface area contributed by atoms with Gasteiger partial charge in [0, 0.05) is 0 Å². The molecule has 0 aromatic carbocycles. The van der Waals surface area contributed by atoms with Crippen molar-refractivity contribution in [3.8, 4) is 0 Å². The SMILES string of the molecule is CCC(=O)N1C(=[Se])OC[C@@H]1C(C)C. The van der Waals surface area contributed by atoms with Crippen molar-refractivity contribution in [2.75, 3.05) is 6.61 Å². The number of carbonyl (C=O) groups is 1. The van der Waals surface area contributed by atoms with Crippen LogP contribution in [-0.2, 0) is 9.53 Å². The summed E-state index contributed by atoms with van der Waals surface area (Å²) in [6.07, 6.45) is 0.526. The summed E-state index contributed by atoms with van der Waals surface area (Å²) >= 11 is 2.79. The molecule has 0 unspecified atom stereocenters. The molecule has 1 atom stereocenters. The molecule has 4 heteroatoms. The second-order valence-electron chi connectivity index (χ2n) is 3.51. The van der Waals surface area contributed by atoms with E-state index >= 15 is 0 Å². The molecule has 13 heavy (non-hydrogen) atoms. The van der Waals surface area contributed by atoms with Gasteiger partial charge in [0.15, 0.2) is 0 Å². The number of nitrogens with zero attached hydrogens (tertiary/aromatic N) is 1. The van der Waals surface area contributed by atoms with E-state index in [9.17, 15) is 4.79 Å². The van der Waals surface area contributed by atoms with Crippen LogP contribution in [0.1, 0.15) is 27.2 Å². The van der Waals surface area contributed by atoms with Crippen LogP contribution < -0.4 is 0 Å². The molecule has 1 aliphatic heterocycles. The molecule has 0 N–H and O–H groups in total. The quantitative estimate of drug-likeness (QED) is 0.667. The van der Waals surface area contributed by atoms with Gasteiger partial charge in [-0.1, -0.05) is 0 Å². The Morgan fingerprint density at radius 1 is 1.77 bits per heavy atom. The molecule has 3 nitrogen and oxygen atoms in total. The zero-order valence-electron chi connectivity index (χ0n) is 8.24. The fraction of sp³-hybridized carbons (Fsp3) is 0.778. The second kappa shape index (κ2) is 4.25. The predicted octanol–water partition coefficient (Wildman–Crippen LogP) is 0.536. The predicted molar refractivity (Wildman–Crippen MR) is 52.5 cm³/mol. The number of amides is 1. The molecular formula is C9H15NO2Se. The van der Waals surface area contributed by atoms with Gasteiger partial charge < -0.3 is 0 Å². The van der Waals surface area contributed by atoms with E-state index in [-0.39, 0.29) is 11.9 Å². The third-order valence-electron chi connectivity index (χ3n) is 2.25. The summed E-state index contributed by atoms with van der Waals surface area (Å²) in [6.45, 7) is 6.68. The third-order valence-corrected chi connectivity index (χ3v) is 2.91. The second-order valence-corrected chi connectivity index (χ2v) is 4.24. The van der Waals surface area contributed by atoms with Gasteiger partial charge in [0.2, 0.25) is 0 Å². The molecule has 1 heterocycles. The van der Waals surface area contributed by atoms with E-state index in [0.29, 0.717) is 23.7 Å². The molecule has 1 saturated heterocycles. The Hall–Kier alpha value is -0.341. The molecule has 0 bridgehead atoms. The molecule has 0 aromatic rings. The van der Waals surface area contributed by atoms with E-state index in [1.54, 1.807) is 4.90 Å². The number of carbonyl (C=O) groups excluding carboxylic acids is 1. The average Bonchev–Trinajstić information content (AvgIpc) is 2.46. The molecule has 0 aliphatic carbocycles. The maximum atomic E-state index is 11.5. The number of rotatable bonds is 2. The van der Waals surface area contributed by atoms with Gasteiger partial charge in [0.25, 0.3) is 0 Å². The van der Waals surface area contributed by atoms with Gasteiger partial charge in [-0.2, -0.15) is 0 Å². The topological polar surface area (TPSA) is 29.5 Å². The molecule has 1 aliphatic rings. The monoisotopic (exact) mass is 249 g/mol. The summed E-state index contributed by atoms with van der Waals surface area (Å²) < 4.78 is 5.96. The van der Waals surface area contributed by atoms with Crippen molar-refractivity contribution in [2.24, 2.45) is 5.92 Å². The third kappa shape index (κ3) is 2.12. The van der Waals surface area contributed by atoms with E-state index in [0.717, 1.165) is 0 Å². The van der Waals surface area contributed by atoms with Crippen LogP contribution in [0.15, 0.2) is 0 Å². The Labute approximate surface area is 86.8 Å². The van der Waals surface area contributed by atoms with Gasteiger partial charge in [-0.25, -0.2) is 0 Å². The Bertz CT molecular complexity index is 228. The number of hydrogen-bond donors (Lipinski definition) is 0. The fourth-order valence-electron chi connectivity index (χ4n) is 1.38.